The summed E-state index contributed by atoms with van der Waals surface area (Å²) < 4.78 is 10.6. The van der Waals surface area contributed by atoms with Gasteiger partial charge < -0.3 is 14.6 Å². The van der Waals surface area contributed by atoms with Crippen LogP contribution in [0.15, 0.2) is 4.52 Å². The topological polar surface area (TPSA) is 64.4 Å². The van der Waals surface area contributed by atoms with Crippen LogP contribution in [0, 0.1) is 0 Å². The molecule has 0 bridgehead atoms. The molecule has 1 aromatic rings. The average Bonchev–Trinajstić information content (AvgIpc) is 2.84. The molecular formula is C13H18N2O3. The molecule has 2 heterocycles. The summed E-state index contributed by atoms with van der Waals surface area (Å²) in [5.41, 5.74) is 1.97. The second kappa shape index (κ2) is 5.10. The van der Waals surface area contributed by atoms with E-state index in [0.29, 0.717) is 12.4 Å². The number of carbonyl (C=O) groups is 1. The Morgan fingerprint density at radius 3 is 3.00 bits per heavy atom. The maximum atomic E-state index is 12.1. The number of hydrogen-bond acceptors (Lipinski definition) is 4. The van der Waals surface area contributed by atoms with Crippen LogP contribution in [0.1, 0.15) is 47.5 Å². The molecule has 1 saturated heterocycles. The Hall–Kier alpha value is -1.36. The lowest BCUT2D eigenvalue weighted by Crippen LogP contribution is -2.40. The van der Waals surface area contributed by atoms with E-state index in [4.69, 9.17) is 9.26 Å². The molecule has 98 valence electrons. The quantitative estimate of drug-likeness (QED) is 0.863. The Morgan fingerprint density at radius 1 is 1.28 bits per heavy atom. The minimum atomic E-state index is -0.138. The van der Waals surface area contributed by atoms with E-state index in [1.165, 1.54) is 0 Å². The van der Waals surface area contributed by atoms with Crippen molar-refractivity contribution in [1.29, 1.82) is 0 Å². The van der Waals surface area contributed by atoms with E-state index in [1.54, 1.807) is 0 Å². The van der Waals surface area contributed by atoms with Crippen molar-refractivity contribution in [3.8, 4) is 0 Å². The lowest BCUT2D eigenvalue weighted by Gasteiger charge is -2.22. The zero-order valence-corrected chi connectivity index (χ0v) is 10.4. The van der Waals surface area contributed by atoms with Crippen LogP contribution < -0.4 is 5.32 Å². The molecule has 1 amide bonds. The first-order valence-corrected chi connectivity index (χ1v) is 6.70. The molecule has 0 radical (unpaired) electrons. The normalized spacial score (nSPS) is 23.4. The second-order valence-corrected chi connectivity index (χ2v) is 5.03. The summed E-state index contributed by atoms with van der Waals surface area (Å²) >= 11 is 0. The van der Waals surface area contributed by atoms with E-state index < -0.39 is 0 Å². The molecule has 5 nitrogen and oxygen atoms in total. The molecule has 0 unspecified atom stereocenters. The van der Waals surface area contributed by atoms with Gasteiger partial charge in [0.15, 0.2) is 0 Å². The fourth-order valence-electron chi connectivity index (χ4n) is 2.67. The van der Waals surface area contributed by atoms with Crippen LogP contribution in [0.5, 0.6) is 0 Å². The molecule has 3 rings (SSSR count). The highest BCUT2D eigenvalue weighted by molar-refractivity contribution is 5.93. The number of amides is 1. The lowest BCUT2D eigenvalue weighted by molar-refractivity contribution is 0.0607. The molecular weight excluding hydrogens is 232 g/mol. The SMILES string of the molecule is O=C(N[C@H]1CCCOC1)c1onc2c1CCCC2. The standard InChI is InChI=1S/C13H18N2O3/c16-13(14-9-4-3-7-17-8-9)12-10-5-1-2-6-11(10)15-18-12/h9H,1-8H2,(H,14,16)/t9-/m0/s1. The van der Waals surface area contributed by atoms with E-state index in [1.807, 2.05) is 0 Å². The van der Waals surface area contributed by atoms with Gasteiger partial charge in [0.2, 0.25) is 5.76 Å². The highest BCUT2D eigenvalue weighted by Gasteiger charge is 2.26. The molecule has 0 aromatic carbocycles. The fraction of sp³-hybridized carbons (Fsp3) is 0.692. The number of nitrogens with zero attached hydrogens (tertiary/aromatic N) is 1. The molecule has 1 aliphatic heterocycles. The van der Waals surface area contributed by atoms with Crippen molar-refractivity contribution in [1.82, 2.24) is 10.5 Å². The van der Waals surface area contributed by atoms with E-state index in [2.05, 4.69) is 10.5 Å². The first-order chi connectivity index (χ1) is 8.84. The van der Waals surface area contributed by atoms with E-state index in [-0.39, 0.29) is 11.9 Å². The largest absolute Gasteiger partial charge is 0.379 e. The highest BCUT2D eigenvalue weighted by Crippen LogP contribution is 2.24. The van der Waals surface area contributed by atoms with Gasteiger partial charge in [-0.1, -0.05) is 5.16 Å². The molecule has 1 atom stereocenters. The summed E-state index contributed by atoms with van der Waals surface area (Å²) in [6, 6.07) is 0.107. The molecule has 5 heteroatoms. The maximum Gasteiger partial charge on any atom is 0.290 e. The summed E-state index contributed by atoms with van der Waals surface area (Å²) in [5.74, 6) is 0.274. The number of hydrogen-bond donors (Lipinski definition) is 1. The smallest absolute Gasteiger partial charge is 0.290 e. The van der Waals surface area contributed by atoms with Gasteiger partial charge >= 0.3 is 0 Å². The van der Waals surface area contributed by atoms with Crippen molar-refractivity contribution in [3.05, 3.63) is 17.0 Å². The van der Waals surface area contributed by atoms with Crippen molar-refractivity contribution in [2.75, 3.05) is 13.2 Å². The molecule has 0 spiro atoms. The average molecular weight is 250 g/mol. The van der Waals surface area contributed by atoms with Crippen LogP contribution >= 0.6 is 0 Å². The summed E-state index contributed by atoms with van der Waals surface area (Å²) in [7, 11) is 0. The Balaban J connectivity index is 1.70. The van der Waals surface area contributed by atoms with Gasteiger partial charge in [0, 0.05) is 12.2 Å². The zero-order chi connectivity index (χ0) is 12.4. The van der Waals surface area contributed by atoms with Gasteiger partial charge in [0.1, 0.15) is 0 Å². The van der Waals surface area contributed by atoms with E-state index in [0.717, 1.165) is 56.4 Å². The molecule has 1 aromatic heterocycles. The van der Waals surface area contributed by atoms with Gasteiger partial charge in [-0.3, -0.25) is 4.79 Å². The van der Waals surface area contributed by atoms with Crippen LogP contribution in [-0.2, 0) is 17.6 Å². The van der Waals surface area contributed by atoms with Crippen LogP contribution in [-0.4, -0.2) is 30.3 Å². The Morgan fingerprint density at radius 2 is 2.17 bits per heavy atom. The number of fused-ring (bicyclic) bond motifs is 1. The summed E-state index contributed by atoms with van der Waals surface area (Å²) in [6.07, 6.45) is 6.06. The molecule has 1 aliphatic carbocycles. The van der Waals surface area contributed by atoms with Crippen LogP contribution in [0.4, 0.5) is 0 Å². The van der Waals surface area contributed by atoms with Gasteiger partial charge in [-0.2, -0.15) is 0 Å². The third-order valence-corrected chi connectivity index (χ3v) is 3.66. The predicted molar refractivity (Wildman–Crippen MR) is 64.5 cm³/mol. The number of carbonyl (C=O) groups excluding carboxylic acids is 1. The Kier molecular flexibility index (Phi) is 3.32. The summed E-state index contributed by atoms with van der Waals surface area (Å²) in [4.78, 5) is 12.1. The van der Waals surface area contributed by atoms with Gasteiger partial charge in [-0.15, -0.1) is 0 Å². The molecule has 0 saturated carbocycles. The number of aryl methyl sites for hydroxylation is 1. The minimum Gasteiger partial charge on any atom is -0.379 e. The Bertz CT molecular complexity index is 435. The van der Waals surface area contributed by atoms with Crippen molar-refractivity contribution < 1.29 is 14.1 Å². The predicted octanol–water partition coefficient (Wildman–Crippen LogP) is 1.46. The third kappa shape index (κ3) is 2.27. The Labute approximate surface area is 106 Å². The molecule has 1 N–H and O–H groups in total. The van der Waals surface area contributed by atoms with Crippen molar-refractivity contribution in [2.45, 2.75) is 44.6 Å². The summed E-state index contributed by atoms with van der Waals surface area (Å²) in [6.45, 7) is 1.39. The first kappa shape index (κ1) is 11.7. The van der Waals surface area contributed by atoms with E-state index >= 15 is 0 Å². The van der Waals surface area contributed by atoms with Crippen molar-refractivity contribution in [3.63, 3.8) is 0 Å². The number of rotatable bonds is 2. The van der Waals surface area contributed by atoms with Crippen LogP contribution in [0.25, 0.3) is 0 Å². The van der Waals surface area contributed by atoms with Crippen molar-refractivity contribution in [2.24, 2.45) is 0 Å². The number of aromatic nitrogens is 1. The van der Waals surface area contributed by atoms with Crippen molar-refractivity contribution >= 4 is 5.91 Å². The monoisotopic (exact) mass is 250 g/mol. The maximum absolute atomic E-state index is 12.1. The molecule has 18 heavy (non-hydrogen) atoms. The third-order valence-electron chi connectivity index (χ3n) is 3.66. The van der Waals surface area contributed by atoms with Gasteiger partial charge in [-0.05, 0) is 38.5 Å². The first-order valence-electron chi connectivity index (χ1n) is 6.70. The fourth-order valence-corrected chi connectivity index (χ4v) is 2.67. The lowest BCUT2D eigenvalue weighted by atomic mass is 9.96. The van der Waals surface area contributed by atoms with Gasteiger partial charge in [-0.25, -0.2) is 0 Å². The van der Waals surface area contributed by atoms with Gasteiger partial charge in [0.05, 0.1) is 18.3 Å². The van der Waals surface area contributed by atoms with E-state index in [9.17, 15) is 4.79 Å². The molecule has 2 aliphatic rings. The number of ether oxygens (including phenoxy) is 1. The van der Waals surface area contributed by atoms with Gasteiger partial charge in [0.25, 0.3) is 5.91 Å². The van der Waals surface area contributed by atoms with Crippen LogP contribution in [0.3, 0.4) is 0 Å². The van der Waals surface area contributed by atoms with Crippen LogP contribution in [0.2, 0.25) is 0 Å². The summed E-state index contributed by atoms with van der Waals surface area (Å²) in [5, 5.41) is 6.98. The number of nitrogens with one attached hydrogen (secondary N) is 1. The second-order valence-electron chi connectivity index (χ2n) is 5.03. The molecule has 1 fully saturated rings. The minimum absolute atomic E-state index is 0.107. The highest BCUT2D eigenvalue weighted by atomic mass is 16.5. The zero-order valence-electron chi connectivity index (χ0n) is 10.4.